The topological polar surface area (TPSA) is 113 Å². The van der Waals surface area contributed by atoms with Gasteiger partial charge in [-0.3, -0.25) is 5.32 Å². The molecular weight excluding hydrogens is 418 g/mol. The summed E-state index contributed by atoms with van der Waals surface area (Å²) in [4.78, 5) is 24.1. The summed E-state index contributed by atoms with van der Waals surface area (Å²) in [6.07, 6.45) is 0.780. The van der Waals surface area contributed by atoms with Crippen molar-refractivity contribution >= 4 is 23.8 Å². The van der Waals surface area contributed by atoms with E-state index in [0.29, 0.717) is 29.8 Å². The summed E-state index contributed by atoms with van der Waals surface area (Å²) in [7, 11) is 1.44. The molecule has 2 N–H and O–H groups in total. The molecule has 2 aromatic rings. The van der Waals surface area contributed by atoms with Gasteiger partial charge in [0.25, 0.3) is 0 Å². The van der Waals surface area contributed by atoms with Gasteiger partial charge in [0, 0.05) is 24.6 Å². The highest BCUT2D eigenvalue weighted by molar-refractivity contribution is 5.87. The second-order valence-electron chi connectivity index (χ2n) is 7.28. The fraction of sp³-hybridized carbons (Fsp3) is 0.304. The molecule has 0 bridgehead atoms. The first-order valence-electron chi connectivity index (χ1n) is 10.1. The lowest BCUT2D eigenvalue weighted by Crippen LogP contribution is -2.24. The van der Waals surface area contributed by atoms with Gasteiger partial charge in [-0.25, -0.2) is 9.59 Å². The SMILES string of the molecule is COc1cc(/C=C/C(=O)O[C@H]2C[C@H]3O[C@H](OC(=O)Nc4ccccc4)C[C@H]3O2)ccc1O. The molecule has 2 heterocycles. The number of benzene rings is 2. The normalized spacial score (nSPS) is 24.2. The number of rotatable bonds is 6. The third kappa shape index (κ3) is 5.37. The first-order valence-corrected chi connectivity index (χ1v) is 10.1. The molecule has 4 atom stereocenters. The van der Waals surface area contributed by atoms with Crippen molar-refractivity contribution in [3.05, 3.63) is 60.2 Å². The summed E-state index contributed by atoms with van der Waals surface area (Å²) in [5, 5.41) is 12.2. The molecule has 0 aliphatic carbocycles. The second-order valence-corrected chi connectivity index (χ2v) is 7.28. The molecular formula is C23H23NO8. The van der Waals surface area contributed by atoms with Crippen LogP contribution in [-0.2, 0) is 23.7 Å². The molecule has 2 saturated heterocycles. The van der Waals surface area contributed by atoms with Crippen LogP contribution in [0.4, 0.5) is 10.5 Å². The number of nitrogens with one attached hydrogen (secondary N) is 1. The van der Waals surface area contributed by atoms with E-state index in [0.717, 1.165) is 0 Å². The Morgan fingerprint density at radius 2 is 1.72 bits per heavy atom. The van der Waals surface area contributed by atoms with Gasteiger partial charge in [-0.2, -0.15) is 0 Å². The maximum atomic E-state index is 12.1. The zero-order valence-corrected chi connectivity index (χ0v) is 17.3. The number of carbonyl (C=O) groups excluding carboxylic acids is 2. The third-order valence-corrected chi connectivity index (χ3v) is 5.04. The van der Waals surface area contributed by atoms with Crippen molar-refractivity contribution in [1.29, 1.82) is 0 Å². The number of aromatic hydroxyl groups is 1. The largest absolute Gasteiger partial charge is 0.504 e. The predicted molar refractivity (Wildman–Crippen MR) is 113 cm³/mol. The van der Waals surface area contributed by atoms with Crippen LogP contribution in [0.25, 0.3) is 6.08 Å². The second kappa shape index (κ2) is 9.71. The summed E-state index contributed by atoms with van der Waals surface area (Å²) in [5.74, 6) is -0.256. The number of hydrogen-bond acceptors (Lipinski definition) is 8. The molecule has 4 rings (SSSR count). The van der Waals surface area contributed by atoms with Crippen molar-refractivity contribution in [2.75, 3.05) is 12.4 Å². The van der Waals surface area contributed by atoms with E-state index < -0.39 is 24.6 Å². The summed E-state index contributed by atoms with van der Waals surface area (Å²) in [6, 6.07) is 13.7. The van der Waals surface area contributed by atoms with Crippen LogP contribution in [0.1, 0.15) is 18.4 Å². The third-order valence-electron chi connectivity index (χ3n) is 5.04. The Bertz CT molecular complexity index is 979. The first kappa shape index (κ1) is 21.7. The Balaban J connectivity index is 1.21. The minimum Gasteiger partial charge on any atom is -0.504 e. The van der Waals surface area contributed by atoms with Gasteiger partial charge in [0.1, 0.15) is 0 Å². The van der Waals surface area contributed by atoms with E-state index in [1.54, 1.807) is 42.5 Å². The predicted octanol–water partition coefficient (Wildman–Crippen LogP) is 3.44. The number of anilines is 1. The van der Waals surface area contributed by atoms with Crippen molar-refractivity contribution in [2.45, 2.75) is 37.6 Å². The molecule has 2 fully saturated rings. The molecule has 2 aliphatic rings. The van der Waals surface area contributed by atoms with Gasteiger partial charge >= 0.3 is 12.1 Å². The molecule has 0 saturated carbocycles. The van der Waals surface area contributed by atoms with Crippen LogP contribution in [0.2, 0.25) is 0 Å². The molecule has 168 valence electrons. The van der Waals surface area contributed by atoms with Crippen molar-refractivity contribution in [2.24, 2.45) is 0 Å². The Morgan fingerprint density at radius 1 is 1.03 bits per heavy atom. The molecule has 0 aromatic heterocycles. The monoisotopic (exact) mass is 441 g/mol. The van der Waals surface area contributed by atoms with Gasteiger partial charge < -0.3 is 28.8 Å². The van der Waals surface area contributed by atoms with Gasteiger partial charge in [-0.05, 0) is 35.9 Å². The Morgan fingerprint density at radius 3 is 2.41 bits per heavy atom. The highest BCUT2D eigenvalue weighted by Crippen LogP contribution is 2.35. The van der Waals surface area contributed by atoms with E-state index in [2.05, 4.69) is 5.32 Å². The fourth-order valence-corrected chi connectivity index (χ4v) is 3.54. The summed E-state index contributed by atoms with van der Waals surface area (Å²) < 4.78 is 27.1. The van der Waals surface area contributed by atoms with Crippen molar-refractivity contribution in [1.82, 2.24) is 0 Å². The Kier molecular flexibility index (Phi) is 6.58. The van der Waals surface area contributed by atoms with E-state index in [1.165, 1.54) is 19.3 Å². The Labute approximate surface area is 184 Å². The van der Waals surface area contributed by atoms with Crippen molar-refractivity contribution < 1.29 is 38.4 Å². The number of carbonyl (C=O) groups is 2. The summed E-state index contributed by atoms with van der Waals surface area (Å²) in [5.41, 5.74) is 1.29. The number of esters is 1. The molecule has 0 unspecified atom stereocenters. The quantitative estimate of drug-likeness (QED) is 0.518. The zero-order chi connectivity index (χ0) is 22.5. The highest BCUT2D eigenvalue weighted by atomic mass is 16.8. The van der Waals surface area contributed by atoms with Crippen LogP contribution in [-0.4, -0.2) is 49.1 Å². The van der Waals surface area contributed by atoms with Crippen LogP contribution in [0, 0.1) is 0 Å². The first-order chi connectivity index (χ1) is 15.5. The molecule has 9 nitrogen and oxygen atoms in total. The standard InChI is InChI=1S/C23H23NO8/c1-28-17-11-14(7-9-16(17)25)8-10-20(26)31-21-12-18-19(29-21)13-22(30-18)32-23(27)24-15-5-3-2-4-6-15/h2-11,18-19,21-22,25H,12-13H2,1H3,(H,24,27)/b10-8+/t18-,19-,21+,22-/m1/s1. The minimum absolute atomic E-state index is 0.0120. The lowest BCUT2D eigenvalue weighted by molar-refractivity contribution is -0.171. The fourth-order valence-electron chi connectivity index (χ4n) is 3.54. The van der Waals surface area contributed by atoms with Gasteiger partial charge in [0.05, 0.1) is 19.3 Å². The molecule has 2 aromatic carbocycles. The lowest BCUT2D eigenvalue weighted by atomic mass is 10.2. The van der Waals surface area contributed by atoms with Crippen LogP contribution >= 0.6 is 0 Å². The van der Waals surface area contributed by atoms with Gasteiger partial charge in [-0.15, -0.1) is 0 Å². The average molecular weight is 441 g/mol. The molecule has 0 radical (unpaired) electrons. The number of phenols is 1. The Hall–Kier alpha value is -3.56. The van der Waals surface area contributed by atoms with Crippen LogP contribution in [0.3, 0.4) is 0 Å². The highest BCUT2D eigenvalue weighted by Gasteiger charge is 2.46. The molecule has 2 aliphatic heterocycles. The molecule has 1 amide bonds. The number of methoxy groups -OCH3 is 1. The van der Waals surface area contributed by atoms with Crippen LogP contribution in [0.15, 0.2) is 54.6 Å². The van der Waals surface area contributed by atoms with E-state index >= 15 is 0 Å². The van der Waals surface area contributed by atoms with Gasteiger partial charge in [0.2, 0.25) is 12.6 Å². The van der Waals surface area contributed by atoms with Crippen LogP contribution in [0.5, 0.6) is 11.5 Å². The lowest BCUT2D eigenvalue weighted by Gasteiger charge is -2.16. The average Bonchev–Trinajstić information content (AvgIpc) is 3.31. The maximum absolute atomic E-state index is 12.1. The number of hydrogen-bond donors (Lipinski definition) is 2. The number of phenolic OH excluding ortho intramolecular Hbond substituents is 1. The molecule has 32 heavy (non-hydrogen) atoms. The number of para-hydroxylation sites is 1. The smallest absolute Gasteiger partial charge is 0.413 e. The van der Waals surface area contributed by atoms with Crippen LogP contribution < -0.4 is 10.1 Å². The van der Waals surface area contributed by atoms with E-state index in [9.17, 15) is 14.7 Å². The number of fused-ring (bicyclic) bond motifs is 1. The number of amides is 1. The molecule has 0 spiro atoms. The van der Waals surface area contributed by atoms with Gasteiger partial charge in [0.15, 0.2) is 11.5 Å². The van der Waals surface area contributed by atoms with E-state index in [1.807, 2.05) is 6.07 Å². The number of ether oxygens (including phenoxy) is 5. The summed E-state index contributed by atoms with van der Waals surface area (Å²) >= 11 is 0. The van der Waals surface area contributed by atoms with Crippen molar-refractivity contribution in [3.63, 3.8) is 0 Å². The molecule has 9 heteroatoms. The zero-order valence-electron chi connectivity index (χ0n) is 17.3. The minimum atomic E-state index is -0.740. The maximum Gasteiger partial charge on any atom is 0.413 e. The van der Waals surface area contributed by atoms with Gasteiger partial charge in [-0.1, -0.05) is 24.3 Å². The summed E-state index contributed by atoms with van der Waals surface area (Å²) in [6.45, 7) is 0. The van der Waals surface area contributed by atoms with Crippen molar-refractivity contribution in [3.8, 4) is 11.5 Å². The van der Waals surface area contributed by atoms with E-state index in [-0.39, 0.29) is 18.0 Å². The van der Waals surface area contributed by atoms with E-state index in [4.69, 9.17) is 23.7 Å².